The molecule has 0 N–H and O–H groups in total. The summed E-state index contributed by atoms with van der Waals surface area (Å²) >= 11 is 0. The summed E-state index contributed by atoms with van der Waals surface area (Å²) in [7, 11) is -0.583. The summed E-state index contributed by atoms with van der Waals surface area (Å²) in [6.45, 7) is 3.46. The first-order valence-corrected chi connectivity index (χ1v) is 10.8. The third-order valence-electron chi connectivity index (χ3n) is 4.74. The van der Waals surface area contributed by atoms with Gasteiger partial charge in [-0.15, -0.1) is 0 Å². The van der Waals surface area contributed by atoms with Gasteiger partial charge in [-0.05, 0) is 29.9 Å². The molecule has 0 unspecified atom stereocenters. The van der Waals surface area contributed by atoms with Gasteiger partial charge in [0.2, 0.25) is 0 Å². The average Bonchev–Trinajstić information content (AvgIpc) is 2.77. The Bertz CT molecular complexity index is 819. The van der Waals surface area contributed by atoms with E-state index in [0.717, 1.165) is 26.3 Å². The molecule has 0 aliphatic carbocycles. The van der Waals surface area contributed by atoms with Crippen LogP contribution in [0.25, 0.3) is 5.70 Å². The zero-order chi connectivity index (χ0) is 18.3. The predicted octanol–water partition coefficient (Wildman–Crippen LogP) is 4.45. The Balaban J connectivity index is 1.81. The molecular formula is C24H24NOP. The van der Waals surface area contributed by atoms with E-state index in [2.05, 4.69) is 102 Å². The molecule has 4 rings (SSSR count). The molecule has 1 heterocycles. The van der Waals surface area contributed by atoms with Crippen LogP contribution >= 0.6 is 7.92 Å². The fourth-order valence-corrected chi connectivity index (χ4v) is 5.49. The van der Waals surface area contributed by atoms with E-state index < -0.39 is 7.92 Å². The molecule has 27 heavy (non-hydrogen) atoms. The molecule has 0 aromatic heterocycles. The number of benzene rings is 3. The summed E-state index contributed by atoms with van der Waals surface area (Å²) in [5.74, 6) is 2.49. The van der Waals surface area contributed by atoms with Gasteiger partial charge in [-0.1, -0.05) is 91.0 Å². The Morgan fingerprint density at radius 3 is 1.70 bits per heavy atom. The minimum Gasteiger partial charge on any atom is -0.378 e. The molecule has 1 saturated heterocycles. The van der Waals surface area contributed by atoms with Crippen molar-refractivity contribution in [2.75, 3.05) is 26.3 Å². The van der Waals surface area contributed by atoms with E-state index in [1.807, 2.05) is 0 Å². The van der Waals surface area contributed by atoms with Gasteiger partial charge in [0.25, 0.3) is 0 Å². The largest absolute Gasteiger partial charge is 0.378 e. The quantitative estimate of drug-likeness (QED) is 0.613. The van der Waals surface area contributed by atoms with Crippen molar-refractivity contribution in [1.82, 2.24) is 4.90 Å². The van der Waals surface area contributed by atoms with E-state index in [1.165, 1.54) is 21.9 Å². The number of hydrogen-bond donors (Lipinski definition) is 0. The Kier molecular flexibility index (Phi) is 5.99. The number of rotatable bonds is 5. The van der Waals surface area contributed by atoms with Crippen LogP contribution in [0.4, 0.5) is 0 Å². The standard InChI is InChI=1S/C24H24NOP/c1-4-10-21(11-5-1)24(25-16-18-26-19-17-25)20-27(22-12-6-2-7-13-22)23-14-8-3-9-15-23/h1-15,20H,16-19H2/b24-20-. The van der Waals surface area contributed by atoms with Gasteiger partial charge >= 0.3 is 0 Å². The van der Waals surface area contributed by atoms with Gasteiger partial charge in [-0.3, -0.25) is 0 Å². The Labute approximate surface area is 162 Å². The fraction of sp³-hybridized carbons (Fsp3) is 0.167. The second-order valence-electron chi connectivity index (χ2n) is 6.52. The maximum Gasteiger partial charge on any atom is 0.0642 e. The van der Waals surface area contributed by atoms with E-state index in [9.17, 15) is 0 Å². The summed E-state index contributed by atoms with van der Waals surface area (Å²) in [6.07, 6.45) is 0. The SMILES string of the molecule is C(=C(\c1ccccc1)N1CCOCC1)/P(c1ccccc1)c1ccccc1. The van der Waals surface area contributed by atoms with Crippen LogP contribution in [0.5, 0.6) is 0 Å². The van der Waals surface area contributed by atoms with Crippen molar-refractivity contribution in [3.8, 4) is 0 Å². The Morgan fingerprint density at radius 2 is 1.19 bits per heavy atom. The fourth-order valence-electron chi connectivity index (χ4n) is 3.35. The van der Waals surface area contributed by atoms with Gasteiger partial charge in [0.05, 0.1) is 13.2 Å². The molecule has 0 spiro atoms. The van der Waals surface area contributed by atoms with Gasteiger partial charge in [0, 0.05) is 18.8 Å². The van der Waals surface area contributed by atoms with Crippen LogP contribution in [-0.4, -0.2) is 31.2 Å². The van der Waals surface area contributed by atoms with E-state index >= 15 is 0 Å². The van der Waals surface area contributed by atoms with Crippen molar-refractivity contribution in [3.63, 3.8) is 0 Å². The highest BCUT2D eigenvalue weighted by Gasteiger charge is 2.19. The molecule has 1 aliphatic rings. The minimum absolute atomic E-state index is 0.583. The molecule has 0 atom stereocenters. The zero-order valence-electron chi connectivity index (χ0n) is 15.4. The topological polar surface area (TPSA) is 12.5 Å². The van der Waals surface area contributed by atoms with Crippen LogP contribution in [0.1, 0.15) is 5.56 Å². The van der Waals surface area contributed by atoms with Crippen molar-refractivity contribution in [1.29, 1.82) is 0 Å². The first-order valence-electron chi connectivity index (χ1n) is 9.41. The smallest absolute Gasteiger partial charge is 0.0642 e. The summed E-state index contributed by atoms with van der Waals surface area (Å²) in [4.78, 5) is 2.47. The van der Waals surface area contributed by atoms with Crippen molar-refractivity contribution in [3.05, 3.63) is 102 Å². The molecule has 1 aliphatic heterocycles. The lowest BCUT2D eigenvalue weighted by Gasteiger charge is -2.32. The van der Waals surface area contributed by atoms with Crippen LogP contribution in [0.15, 0.2) is 96.8 Å². The number of ether oxygens (including phenoxy) is 1. The molecule has 3 heteroatoms. The molecule has 0 radical (unpaired) electrons. The summed E-state index contributed by atoms with van der Waals surface area (Å²) in [6, 6.07) is 32.5. The lowest BCUT2D eigenvalue weighted by Crippen LogP contribution is -2.35. The number of nitrogens with zero attached hydrogens (tertiary/aromatic N) is 1. The zero-order valence-corrected chi connectivity index (χ0v) is 16.3. The average molecular weight is 373 g/mol. The van der Waals surface area contributed by atoms with Crippen molar-refractivity contribution in [2.45, 2.75) is 0 Å². The van der Waals surface area contributed by atoms with Gasteiger partial charge < -0.3 is 9.64 Å². The van der Waals surface area contributed by atoms with E-state index in [-0.39, 0.29) is 0 Å². The van der Waals surface area contributed by atoms with E-state index in [0.29, 0.717) is 0 Å². The Hall–Kier alpha value is -2.41. The monoisotopic (exact) mass is 373 g/mol. The molecule has 136 valence electrons. The third-order valence-corrected chi connectivity index (χ3v) is 6.95. The summed E-state index contributed by atoms with van der Waals surface area (Å²) in [5, 5.41) is 2.75. The van der Waals surface area contributed by atoms with E-state index in [4.69, 9.17) is 4.74 Å². The minimum atomic E-state index is -0.583. The summed E-state index contributed by atoms with van der Waals surface area (Å²) in [5.41, 5.74) is 2.59. The van der Waals surface area contributed by atoms with Gasteiger partial charge in [0.1, 0.15) is 0 Å². The highest BCUT2D eigenvalue weighted by atomic mass is 31.1. The number of hydrogen-bond acceptors (Lipinski definition) is 2. The molecule has 0 saturated carbocycles. The predicted molar refractivity (Wildman–Crippen MR) is 116 cm³/mol. The van der Waals surface area contributed by atoms with Crippen LogP contribution in [0, 0.1) is 0 Å². The molecule has 0 amide bonds. The first kappa shape index (κ1) is 18.0. The van der Waals surface area contributed by atoms with Crippen LogP contribution in [-0.2, 0) is 4.74 Å². The summed E-state index contributed by atoms with van der Waals surface area (Å²) < 4.78 is 5.60. The molecular weight excluding hydrogens is 349 g/mol. The van der Waals surface area contributed by atoms with Crippen LogP contribution < -0.4 is 10.6 Å². The van der Waals surface area contributed by atoms with E-state index in [1.54, 1.807) is 0 Å². The van der Waals surface area contributed by atoms with Crippen molar-refractivity contribution in [2.24, 2.45) is 0 Å². The first-order chi connectivity index (χ1) is 13.4. The second-order valence-corrected chi connectivity index (χ2v) is 8.55. The third kappa shape index (κ3) is 4.47. The van der Waals surface area contributed by atoms with Crippen molar-refractivity contribution < 1.29 is 4.74 Å². The highest BCUT2D eigenvalue weighted by Crippen LogP contribution is 2.39. The highest BCUT2D eigenvalue weighted by molar-refractivity contribution is 7.76. The maximum atomic E-state index is 5.60. The maximum absolute atomic E-state index is 5.60. The normalized spacial score (nSPS) is 15.1. The molecule has 3 aromatic rings. The van der Waals surface area contributed by atoms with Gasteiger partial charge in [-0.25, -0.2) is 0 Å². The van der Waals surface area contributed by atoms with Gasteiger partial charge in [-0.2, -0.15) is 0 Å². The molecule has 1 fully saturated rings. The number of morpholine rings is 1. The Morgan fingerprint density at radius 1 is 0.704 bits per heavy atom. The lowest BCUT2D eigenvalue weighted by molar-refractivity contribution is 0.0640. The lowest BCUT2D eigenvalue weighted by atomic mass is 10.1. The van der Waals surface area contributed by atoms with Crippen LogP contribution in [0.3, 0.4) is 0 Å². The second kappa shape index (κ2) is 8.99. The van der Waals surface area contributed by atoms with Crippen molar-refractivity contribution >= 4 is 24.2 Å². The molecule has 0 bridgehead atoms. The van der Waals surface area contributed by atoms with Crippen LogP contribution in [0.2, 0.25) is 0 Å². The molecule has 3 aromatic carbocycles. The van der Waals surface area contributed by atoms with Gasteiger partial charge in [0.15, 0.2) is 0 Å². The molecule has 2 nitrogen and oxygen atoms in total.